The summed E-state index contributed by atoms with van der Waals surface area (Å²) in [6.07, 6.45) is 2.59. The molecule has 0 aliphatic carbocycles. The third kappa shape index (κ3) is 6.75. The lowest BCUT2D eigenvalue weighted by Gasteiger charge is -2.25. The highest BCUT2D eigenvalue weighted by Gasteiger charge is 2.18. The van der Waals surface area contributed by atoms with Gasteiger partial charge in [-0.3, -0.25) is 0 Å². The molecule has 0 atom stereocenters. The van der Waals surface area contributed by atoms with Crippen LogP contribution in [0.5, 0.6) is 0 Å². The predicted molar refractivity (Wildman–Crippen MR) is 85.8 cm³/mol. The monoisotopic (exact) mass is 317 g/mol. The molecule has 0 saturated heterocycles. The van der Waals surface area contributed by atoms with Crippen molar-refractivity contribution in [2.24, 2.45) is 11.3 Å². The van der Waals surface area contributed by atoms with Gasteiger partial charge in [0.1, 0.15) is 0 Å². The minimum Gasteiger partial charge on any atom is -0.316 e. The molecule has 1 N–H and O–H groups in total. The normalized spacial score (nSPS) is 12.2. The molecule has 120 valence electrons. The van der Waals surface area contributed by atoms with Crippen molar-refractivity contribution in [2.75, 3.05) is 13.1 Å². The predicted octanol–water partition coefficient (Wildman–Crippen LogP) is 5.21. The van der Waals surface area contributed by atoms with Crippen LogP contribution in [0.15, 0.2) is 12.1 Å². The minimum absolute atomic E-state index is 0.137. The second-order valence-corrected chi connectivity index (χ2v) is 7.28. The molecule has 1 aromatic carbocycles. The van der Waals surface area contributed by atoms with E-state index in [9.17, 15) is 8.78 Å². The van der Waals surface area contributed by atoms with E-state index >= 15 is 0 Å². The quantitative estimate of drug-likeness (QED) is 0.512. The Labute approximate surface area is 132 Å². The first-order valence-electron chi connectivity index (χ1n) is 7.55. The summed E-state index contributed by atoms with van der Waals surface area (Å²) in [5, 5.41) is 3.74. The maximum atomic E-state index is 13.3. The zero-order valence-electron chi connectivity index (χ0n) is 13.4. The summed E-state index contributed by atoms with van der Waals surface area (Å²) >= 11 is 5.97. The van der Waals surface area contributed by atoms with Crippen LogP contribution in [0.25, 0.3) is 0 Å². The third-order valence-electron chi connectivity index (χ3n) is 3.69. The Morgan fingerprint density at radius 3 is 2.38 bits per heavy atom. The molecule has 1 aromatic rings. The van der Waals surface area contributed by atoms with Crippen LogP contribution in [0.2, 0.25) is 5.02 Å². The number of aryl methyl sites for hydroxylation is 1. The lowest BCUT2D eigenvalue weighted by molar-refractivity contribution is 0.300. The molecule has 4 heteroatoms. The largest absolute Gasteiger partial charge is 0.316 e. The topological polar surface area (TPSA) is 12.0 Å². The highest BCUT2D eigenvalue weighted by Crippen LogP contribution is 2.29. The molecule has 21 heavy (non-hydrogen) atoms. The highest BCUT2D eigenvalue weighted by atomic mass is 35.5. The molecule has 1 rings (SSSR count). The lowest BCUT2D eigenvalue weighted by atomic mass is 9.83. The molecule has 0 bridgehead atoms. The van der Waals surface area contributed by atoms with Gasteiger partial charge in [0.2, 0.25) is 0 Å². The van der Waals surface area contributed by atoms with E-state index < -0.39 is 11.6 Å². The molecular weight excluding hydrogens is 292 g/mol. The summed E-state index contributed by atoms with van der Waals surface area (Å²) in [4.78, 5) is 0. The zero-order chi connectivity index (χ0) is 16.0. The lowest BCUT2D eigenvalue weighted by Crippen LogP contribution is -2.25. The Hall–Kier alpha value is -0.670. The number of nitrogens with one attached hydrogen (secondary N) is 1. The summed E-state index contributed by atoms with van der Waals surface area (Å²) in [6.45, 7) is 10.7. The molecule has 0 unspecified atom stereocenters. The summed E-state index contributed by atoms with van der Waals surface area (Å²) in [6, 6.07) is 2.27. The Kier molecular flexibility index (Phi) is 7.08. The summed E-state index contributed by atoms with van der Waals surface area (Å²) in [5.74, 6) is -1.07. The summed E-state index contributed by atoms with van der Waals surface area (Å²) in [7, 11) is 0. The molecule has 0 fully saturated rings. The maximum Gasteiger partial charge on any atom is 0.160 e. The Morgan fingerprint density at radius 2 is 1.76 bits per heavy atom. The first-order chi connectivity index (χ1) is 9.71. The summed E-state index contributed by atoms with van der Waals surface area (Å²) < 4.78 is 26.3. The van der Waals surface area contributed by atoms with Crippen LogP contribution in [-0.4, -0.2) is 13.1 Å². The van der Waals surface area contributed by atoms with Crippen molar-refractivity contribution in [2.45, 2.75) is 47.0 Å². The first kappa shape index (κ1) is 18.4. The van der Waals surface area contributed by atoms with Gasteiger partial charge in [0.15, 0.2) is 11.6 Å². The third-order valence-corrected chi connectivity index (χ3v) is 4.04. The average Bonchev–Trinajstić information content (AvgIpc) is 2.37. The van der Waals surface area contributed by atoms with Crippen LogP contribution in [0.4, 0.5) is 8.78 Å². The van der Waals surface area contributed by atoms with Crippen molar-refractivity contribution < 1.29 is 8.78 Å². The molecule has 0 heterocycles. The van der Waals surface area contributed by atoms with Crippen molar-refractivity contribution >= 4 is 11.6 Å². The second kappa shape index (κ2) is 8.09. The standard InChI is InChI=1S/C17H26ClF2N/c1-12(2)11-21-8-7-17(3,4)6-5-13-9-15(19)16(20)10-14(13)18/h9-10,12,21H,5-8,11H2,1-4H3. The van der Waals surface area contributed by atoms with Gasteiger partial charge in [-0.25, -0.2) is 8.78 Å². The molecule has 0 aliphatic rings. The van der Waals surface area contributed by atoms with E-state index in [1.54, 1.807) is 0 Å². The van der Waals surface area contributed by atoms with Crippen molar-refractivity contribution in [1.82, 2.24) is 5.32 Å². The smallest absolute Gasteiger partial charge is 0.160 e. The molecule has 0 aromatic heterocycles. The van der Waals surface area contributed by atoms with Crippen LogP contribution in [0.3, 0.4) is 0 Å². The molecule has 0 spiro atoms. The number of halogens is 3. The van der Waals surface area contributed by atoms with Gasteiger partial charge in [0.05, 0.1) is 0 Å². The number of benzene rings is 1. The fourth-order valence-electron chi connectivity index (χ4n) is 2.17. The fraction of sp³-hybridized carbons (Fsp3) is 0.647. The SMILES string of the molecule is CC(C)CNCCC(C)(C)CCc1cc(F)c(F)cc1Cl. The Morgan fingerprint density at radius 1 is 1.14 bits per heavy atom. The molecule has 0 saturated carbocycles. The van der Waals surface area contributed by atoms with Gasteiger partial charge < -0.3 is 5.32 Å². The van der Waals surface area contributed by atoms with E-state index in [1.165, 1.54) is 6.07 Å². The van der Waals surface area contributed by atoms with Crippen LogP contribution >= 0.6 is 11.6 Å². The maximum absolute atomic E-state index is 13.3. The van der Waals surface area contributed by atoms with E-state index in [4.69, 9.17) is 11.6 Å². The second-order valence-electron chi connectivity index (χ2n) is 6.87. The van der Waals surface area contributed by atoms with Crippen molar-refractivity contribution in [3.63, 3.8) is 0 Å². The summed E-state index contributed by atoms with van der Waals surface area (Å²) in [5.41, 5.74) is 0.817. The van der Waals surface area contributed by atoms with E-state index in [0.29, 0.717) is 22.9 Å². The Bertz CT molecular complexity index is 458. The van der Waals surface area contributed by atoms with Crippen molar-refractivity contribution in [3.8, 4) is 0 Å². The molecule has 0 radical (unpaired) electrons. The number of hydrogen-bond donors (Lipinski definition) is 1. The van der Waals surface area contributed by atoms with E-state index in [1.807, 2.05) is 0 Å². The van der Waals surface area contributed by atoms with Gasteiger partial charge in [-0.15, -0.1) is 0 Å². The molecule has 1 nitrogen and oxygen atoms in total. The first-order valence-corrected chi connectivity index (χ1v) is 7.93. The van der Waals surface area contributed by atoms with E-state index in [2.05, 4.69) is 33.0 Å². The minimum atomic E-state index is -0.888. The molecule has 0 aliphatic heterocycles. The van der Waals surface area contributed by atoms with Gasteiger partial charge in [-0.1, -0.05) is 39.3 Å². The van der Waals surface area contributed by atoms with Crippen LogP contribution in [0.1, 0.15) is 46.1 Å². The molecular formula is C17H26ClF2N. The molecule has 0 amide bonds. The van der Waals surface area contributed by atoms with E-state index in [-0.39, 0.29) is 5.41 Å². The zero-order valence-corrected chi connectivity index (χ0v) is 14.2. The van der Waals surface area contributed by atoms with Crippen molar-refractivity contribution in [3.05, 3.63) is 34.4 Å². The average molecular weight is 318 g/mol. The van der Waals surface area contributed by atoms with Gasteiger partial charge in [0.25, 0.3) is 0 Å². The van der Waals surface area contributed by atoms with Gasteiger partial charge >= 0.3 is 0 Å². The van der Waals surface area contributed by atoms with Crippen LogP contribution in [0, 0.1) is 23.0 Å². The van der Waals surface area contributed by atoms with E-state index in [0.717, 1.165) is 32.0 Å². The van der Waals surface area contributed by atoms with Crippen LogP contribution in [-0.2, 0) is 6.42 Å². The number of rotatable bonds is 8. The number of hydrogen-bond acceptors (Lipinski definition) is 1. The van der Waals surface area contributed by atoms with Crippen LogP contribution < -0.4 is 5.32 Å². The van der Waals surface area contributed by atoms with Crippen molar-refractivity contribution in [1.29, 1.82) is 0 Å². The van der Waals surface area contributed by atoms with Gasteiger partial charge in [-0.05, 0) is 61.4 Å². The van der Waals surface area contributed by atoms with Gasteiger partial charge in [-0.2, -0.15) is 0 Å². The highest BCUT2D eigenvalue weighted by molar-refractivity contribution is 6.31. The fourth-order valence-corrected chi connectivity index (χ4v) is 2.42. The Balaban J connectivity index is 2.47. The van der Waals surface area contributed by atoms with Gasteiger partial charge in [0, 0.05) is 5.02 Å².